The highest BCUT2D eigenvalue weighted by Gasteiger charge is 2.34. The summed E-state index contributed by atoms with van der Waals surface area (Å²) >= 11 is 1.78. The molecule has 0 aliphatic heterocycles. The first kappa shape index (κ1) is 13.0. The third kappa shape index (κ3) is 3.06. The molecule has 1 aromatic rings. The molecular weight excluding hydrogens is 230 g/mol. The van der Waals surface area contributed by atoms with Gasteiger partial charge >= 0.3 is 0 Å². The van der Waals surface area contributed by atoms with E-state index in [0.29, 0.717) is 11.5 Å². The highest BCUT2D eigenvalue weighted by Crippen LogP contribution is 2.42. The molecule has 0 amide bonds. The molecule has 0 aromatic carbocycles. The number of nitrogens with two attached hydrogens (primary N) is 1. The zero-order valence-corrected chi connectivity index (χ0v) is 11.6. The molecule has 1 unspecified atom stereocenters. The van der Waals surface area contributed by atoms with Crippen LogP contribution in [-0.2, 0) is 0 Å². The van der Waals surface area contributed by atoms with E-state index in [0.717, 1.165) is 13.1 Å². The molecular formula is C13H23N3S. The SMILES string of the molecule is Cc1cnc(C(C)NCCC2(CN)CCC2)s1. The van der Waals surface area contributed by atoms with Crippen molar-refractivity contribution in [2.75, 3.05) is 13.1 Å². The molecule has 3 N–H and O–H groups in total. The smallest absolute Gasteiger partial charge is 0.109 e. The van der Waals surface area contributed by atoms with E-state index in [1.807, 2.05) is 6.20 Å². The maximum Gasteiger partial charge on any atom is 0.109 e. The maximum atomic E-state index is 5.86. The third-order valence-corrected chi connectivity index (χ3v) is 5.06. The predicted octanol–water partition coefficient (Wildman–Crippen LogP) is 2.62. The van der Waals surface area contributed by atoms with E-state index in [1.165, 1.54) is 35.6 Å². The molecule has 1 fully saturated rings. The number of thiazole rings is 1. The number of rotatable bonds is 6. The van der Waals surface area contributed by atoms with Crippen molar-refractivity contribution in [1.82, 2.24) is 10.3 Å². The van der Waals surface area contributed by atoms with Crippen molar-refractivity contribution in [3.05, 3.63) is 16.1 Å². The van der Waals surface area contributed by atoms with Crippen molar-refractivity contribution in [2.45, 2.75) is 45.6 Å². The Balaban J connectivity index is 1.75. The number of aryl methyl sites for hydroxylation is 1. The first-order chi connectivity index (χ1) is 8.15. The van der Waals surface area contributed by atoms with E-state index in [1.54, 1.807) is 11.3 Å². The Kier molecular flexibility index (Phi) is 4.17. The van der Waals surface area contributed by atoms with Crippen molar-refractivity contribution in [3.8, 4) is 0 Å². The summed E-state index contributed by atoms with van der Waals surface area (Å²) in [5.41, 5.74) is 6.31. The van der Waals surface area contributed by atoms with Gasteiger partial charge in [0.25, 0.3) is 0 Å². The van der Waals surface area contributed by atoms with E-state index in [-0.39, 0.29) is 0 Å². The van der Waals surface area contributed by atoms with Crippen LogP contribution < -0.4 is 11.1 Å². The van der Waals surface area contributed by atoms with Crippen LogP contribution in [0.25, 0.3) is 0 Å². The Morgan fingerprint density at radius 3 is 2.82 bits per heavy atom. The molecule has 4 heteroatoms. The second-order valence-corrected chi connectivity index (χ2v) is 6.56. The van der Waals surface area contributed by atoms with Crippen LogP contribution in [-0.4, -0.2) is 18.1 Å². The molecule has 1 aliphatic carbocycles. The fourth-order valence-electron chi connectivity index (χ4n) is 2.45. The average Bonchev–Trinajstić information content (AvgIpc) is 2.69. The quantitative estimate of drug-likeness (QED) is 0.819. The Morgan fingerprint density at radius 2 is 2.35 bits per heavy atom. The van der Waals surface area contributed by atoms with Crippen LogP contribution in [0.1, 0.15) is 48.5 Å². The van der Waals surface area contributed by atoms with Gasteiger partial charge in [-0.3, -0.25) is 0 Å². The van der Waals surface area contributed by atoms with Gasteiger partial charge in [-0.15, -0.1) is 11.3 Å². The predicted molar refractivity (Wildman–Crippen MR) is 73.2 cm³/mol. The van der Waals surface area contributed by atoms with Crippen LogP contribution in [0, 0.1) is 12.3 Å². The number of aromatic nitrogens is 1. The van der Waals surface area contributed by atoms with E-state index in [4.69, 9.17) is 5.73 Å². The van der Waals surface area contributed by atoms with Gasteiger partial charge < -0.3 is 11.1 Å². The standard InChI is InChI=1S/C13H23N3S/c1-10-8-16-12(17-10)11(2)15-7-6-13(9-14)4-3-5-13/h8,11,15H,3-7,9,14H2,1-2H3. The Morgan fingerprint density at radius 1 is 1.59 bits per heavy atom. The summed E-state index contributed by atoms with van der Waals surface area (Å²) < 4.78 is 0. The Labute approximate surface area is 108 Å². The van der Waals surface area contributed by atoms with Gasteiger partial charge in [0.1, 0.15) is 5.01 Å². The van der Waals surface area contributed by atoms with Gasteiger partial charge in [0.05, 0.1) is 6.04 Å². The highest BCUT2D eigenvalue weighted by molar-refractivity contribution is 7.11. The van der Waals surface area contributed by atoms with Crippen LogP contribution in [0.3, 0.4) is 0 Å². The highest BCUT2D eigenvalue weighted by atomic mass is 32.1. The Bertz CT molecular complexity index is 352. The zero-order chi connectivity index (χ0) is 12.3. The summed E-state index contributed by atoms with van der Waals surface area (Å²) in [4.78, 5) is 5.70. The summed E-state index contributed by atoms with van der Waals surface area (Å²) in [5, 5.41) is 4.76. The minimum atomic E-state index is 0.364. The van der Waals surface area contributed by atoms with Gasteiger partial charge in [-0.2, -0.15) is 0 Å². The minimum absolute atomic E-state index is 0.364. The number of hydrogen-bond acceptors (Lipinski definition) is 4. The second kappa shape index (κ2) is 5.46. The van der Waals surface area contributed by atoms with Crippen LogP contribution in [0.15, 0.2) is 6.20 Å². The van der Waals surface area contributed by atoms with Crippen molar-refractivity contribution < 1.29 is 0 Å². The molecule has 17 heavy (non-hydrogen) atoms. The molecule has 0 spiro atoms. The molecule has 0 bridgehead atoms. The summed E-state index contributed by atoms with van der Waals surface area (Å²) in [6.45, 7) is 6.19. The molecule has 0 radical (unpaired) electrons. The van der Waals surface area contributed by atoms with Crippen molar-refractivity contribution in [3.63, 3.8) is 0 Å². The Hall–Kier alpha value is -0.450. The molecule has 0 saturated heterocycles. The van der Waals surface area contributed by atoms with Crippen LogP contribution >= 0.6 is 11.3 Å². The summed E-state index contributed by atoms with van der Waals surface area (Å²) in [6, 6.07) is 0.364. The van der Waals surface area contributed by atoms with Gasteiger partial charge in [-0.25, -0.2) is 4.98 Å². The van der Waals surface area contributed by atoms with Gasteiger partial charge in [0.15, 0.2) is 0 Å². The van der Waals surface area contributed by atoms with Gasteiger partial charge in [0.2, 0.25) is 0 Å². The minimum Gasteiger partial charge on any atom is -0.330 e. The lowest BCUT2D eigenvalue weighted by atomic mass is 9.67. The molecule has 96 valence electrons. The van der Waals surface area contributed by atoms with Gasteiger partial charge in [0, 0.05) is 11.1 Å². The molecule has 3 nitrogen and oxygen atoms in total. The summed E-state index contributed by atoms with van der Waals surface area (Å²) in [6.07, 6.45) is 7.15. The summed E-state index contributed by atoms with van der Waals surface area (Å²) in [5.74, 6) is 0. The second-order valence-electron chi connectivity index (χ2n) is 5.29. The normalized spacial score (nSPS) is 19.9. The molecule has 1 atom stereocenters. The number of hydrogen-bond donors (Lipinski definition) is 2. The molecule has 1 aliphatic rings. The van der Waals surface area contributed by atoms with Crippen LogP contribution in [0.4, 0.5) is 0 Å². The van der Waals surface area contributed by atoms with Gasteiger partial charge in [-0.1, -0.05) is 6.42 Å². The van der Waals surface area contributed by atoms with E-state index in [9.17, 15) is 0 Å². The monoisotopic (exact) mass is 253 g/mol. The number of nitrogens with zero attached hydrogens (tertiary/aromatic N) is 1. The van der Waals surface area contributed by atoms with E-state index < -0.39 is 0 Å². The zero-order valence-electron chi connectivity index (χ0n) is 10.8. The fraction of sp³-hybridized carbons (Fsp3) is 0.769. The lowest BCUT2D eigenvalue weighted by Crippen LogP contribution is -2.40. The number of nitrogens with one attached hydrogen (secondary N) is 1. The fourth-order valence-corrected chi connectivity index (χ4v) is 3.25. The van der Waals surface area contributed by atoms with Crippen LogP contribution in [0.5, 0.6) is 0 Å². The topological polar surface area (TPSA) is 50.9 Å². The summed E-state index contributed by atoms with van der Waals surface area (Å²) in [7, 11) is 0. The molecule has 1 heterocycles. The van der Waals surface area contributed by atoms with Crippen molar-refractivity contribution in [1.29, 1.82) is 0 Å². The molecule has 1 saturated carbocycles. The van der Waals surface area contributed by atoms with E-state index in [2.05, 4.69) is 24.1 Å². The van der Waals surface area contributed by atoms with Crippen molar-refractivity contribution in [2.24, 2.45) is 11.1 Å². The third-order valence-electron chi connectivity index (χ3n) is 3.96. The molecule has 2 rings (SSSR count). The van der Waals surface area contributed by atoms with E-state index >= 15 is 0 Å². The molecule has 1 aromatic heterocycles. The first-order valence-corrected chi connectivity index (χ1v) is 7.33. The van der Waals surface area contributed by atoms with Crippen molar-refractivity contribution >= 4 is 11.3 Å². The lowest BCUT2D eigenvalue weighted by molar-refractivity contribution is 0.129. The largest absolute Gasteiger partial charge is 0.330 e. The van der Waals surface area contributed by atoms with Gasteiger partial charge in [-0.05, 0) is 51.6 Å². The lowest BCUT2D eigenvalue weighted by Gasteiger charge is -2.41. The average molecular weight is 253 g/mol. The van der Waals surface area contributed by atoms with Crippen LogP contribution in [0.2, 0.25) is 0 Å². The maximum absolute atomic E-state index is 5.86. The first-order valence-electron chi connectivity index (χ1n) is 6.51.